The van der Waals surface area contributed by atoms with E-state index in [0.717, 1.165) is 51.4 Å². The molecule has 0 radical (unpaired) electrons. The molecule has 0 spiro atoms. The fourth-order valence-corrected chi connectivity index (χ4v) is 9.86. The van der Waals surface area contributed by atoms with Crippen LogP contribution in [-0.2, 0) is 18.4 Å². The van der Waals surface area contributed by atoms with E-state index in [0.29, 0.717) is 12.8 Å². The third-order valence-corrected chi connectivity index (χ3v) is 14.2. The first-order chi connectivity index (χ1) is 30.8. The van der Waals surface area contributed by atoms with Crippen LogP contribution in [-0.4, -0.2) is 108 Å². The number of hydrogen-bond donors (Lipinski definition) is 9. The number of hydrogen-bond acceptors (Lipinski definition) is 11. The molecule has 1 amide bonds. The molecule has 0 saturated heterocycles. The van der Waals surface area contributed by atoms with Crippen LogP contribution in [0.25, 0.3) is 0 Å². The summed E-state index contributed by atoms with van der Waals surface area (Å²) < 4.78 is 23.0. The minimum Gasteiger partial charge on any atom is -0.393 e. The van der Waals surface area contributed by atoms with Gasteiger partial charge in [0.2, 0.25) is 5.91 Å². The van der Waals surface area contributed by atoms with E-state index in [4.69, 9.17) is 9.05 Å². The second-order valence-corrected chi connectivity index (χ2v) is 20.7. The van der Waals surface area contributed by atoms with Gasteiger partial charge in [-0.25, -0.2) is 4.57 Å². The molecule has 64 heavy (non-hydrogen) atoms. The molecule has 0 aliphatic heterocycles. The summed E-state index contributed by atoms with van der Waals surface area (Å²) in [7, 11) is -5.12. The van der Waals surface area contributed by atoms with Gasteiger partial charge in [-0.15, -0.1) is 0 Å². The summed E-state index contributed by atoms with van der Waals surface area (Å²) in [6.07, 6.45) is 28.5. The number of nitrogens with one attached hydrogen (secondary N) is 1. The van der Waals surface area contributed by atoms with Gasteiger partial charge in [0.25, 0.3) is 0 Å². The number of unbranched alkanes of at least 4 members (excludes halogenated alkanes) is 32. The van der Waals surface area contributed by atoms with Crippen LogP contribution in [0, 0.1) is 0 Å². The highest BCUT2D eigenvalue weighted by Crippen LogP contribution is 2.47. The molecule has 0 heterocycles. The van der Waals surface area contributed by atoms with Gasteiger partial charge in [-0.05, 0) is 12.8 Å². The van der Waals surface area contributed by atoms with E-state index in [-0.39, 0.29) is 12.8 Å². The molecule has 0 aromatic carbocycles. The van der Waals surface area contributed by atoms with Gasteiger partial charge in [-0.3, -0.25) is 13.8 Å². The first kappa shape index (κ1) is 61.3. The topological polar surface area (TPSA) is 226 Å². The molecule has 14 heteroatoms. The van der Waals surface area contributed by atoms with Gasteiger partial charge >= 0.3 is 7.82 Å². The van der Waals surface area contributed by atoms with Crippen molar-refractivity contribution >= 4 is 13.7 Å². The molecule has 1 rings (SSSR count). The van der Waals surface area contributed by atoms with Crippen molar-refractivity contribution in [2.24, 2.45) is 0 Å². The molecule has 382 valence electrons. The Balaban J connectivity index is 2.44. The van der Waals surface area contributed by atoms with E-state index >= 15 is 0 Å². The normalized spacial score (nSPS) is 22.6. The summed E-state index contributed by atoms with van der Waals surface area (Å²) in [5.74, 6) is -0.554. The molecule has 8 unspecified atom stereocenters. The number of phosphoric ester groups is 1. The quantitative estimate of drug-likeness (QED) is 0.0205. The minimum absolute atomic E-state index is 0.215. The van der Waals surface area contributed by atoms with Gasteiger partial charge < -0.3 is 46.0 Å². The van der Waals surface area contributed by atoms with E-state index in [1.807, 2.05) is 0 Å². The second kappa shape index (κ2) is 40.2. The Morgan fingerprint density at radius 2 is 0.781 bits per heavy atom. The van der Waals surface area contributed by atoms with Crippen LogP contribution in [0.1, 0.15) is 251 Å². The third kappa shape index (κ3) is 31.4. The molecule has 1 aliphatic carbocycles. The maximum absolute atomic E-state index is 13.1. The molecular formula is C50H100NO12P. The Morgan fingerprint density at radius 1 is 0.484 bits per heavy atom. The zero-order valence-electron chi connectivity index (χ0n) is 40.7. The first-order valence-electron chi connectivity index (χ1n) is 26.6. The fourth-order valence-electron chi connectivity index (χ4n) is 8.90. The number of rotatable bonds is 45. The van der Waals surface area contributed by atoms with Gasteiger partial charge in [0.05, 0.1) is 31.3 Å². The molecule has 8 atom stereocenters. The van der Waals surface area contributed by atoms with Gasteiger partial charge in [0, 0.05) is 0 Å². The van der Waals surface area contributed by atoms with E-state index in [1.54, 1.807) is 0 Å². The maximum atomic E-state index is 13.1. The van der Waals surface area contributed by atoms with Gasteiger partial charge in [0.15, 0.2) is 0 Å². The van der Waals surface area contributed by atoms with Gasteiger partial charge in [-0.2, -0.15) is 0 Å². The molecule has 1 saturated carbocycles. The summed E-state index contributed by atoms with van der Waals surface area (Å²) in [5, 5.41) is 74.9. The highest BCUT2D eigenvalue weighted by Gasteiger charge is 2.51. The van der Waals surface area contributed by atoms with Crippen molar-refractivity contribution in [2.45, 2.75) is 306 Å². The van der Waals surface area contributed by atoms with Crippen molar-refractivity contribution in [3.63, 3.8) is 0 Å². The van der Waals surface area contributed by atoms with Crippen LogP contribution < -0.4 is 5.32 Å². The number of aliphatic hydroxyl groups excluding tert-OH is 7. The smallest absolute Gasteiger partial charge is 0.393 e. The third-order valence-electron chi connectivity index (χ3n) is 13.2. The van der Waals surface area contributed by atoms with E-state index < -0.39 is 75.2 Å². The van der Waals surface area contributed by atoms with Crippen LogP contribution in [0.5, 0.6) is 0 Å². The van der Waals surface area contributed by atoms with Crippen molar-refractivity contribution < 1.29 is 59.0 Å². The van der Waals surface area contributed by atoms with Crippen LogP contribution in [0.15, 0.2) is 0 Å². The van der Waals surface area contributed by atoms with Crippen molar-refractivity contribution in [3.05, 3.63) is 0 Å². The molecule has 9 N–H and O–H groups in total. The predicted molar refractivity (Wildman–Crippen MR) is 257 cm³/mol. The average molecular weight is 938 g/mol. The van der Waals surface area contributed by atoms with Crippen molar-refractivity contribution in [1.82, 2.24) is 5.32 Å². The lowest BCUT2D eigenvalue weighted by atomic mass is 9.85. The Bertz CT molecular complexity index is 1110. The highest BCUT2D eigenvalue weighted by molar-refractivity contribution is 7.47. The van der Waals surface area contributed by atoms with E-state index in [1.165, 1.54) is 161 Å². The highest BCUT2D eigenvalue weighted by atomic mass is 31.2. The van der Waals surface area contributed by atoms with Crippen molar-refractivity contribution in [2.75, 3.05) is 6.61 Å². The molecular weight excluding hydrogens is 838 g/mol. The molecule has 1 fully saturated rings. The molecule has 0 bridgehead atoms. The number of phosphoric acid groups is 1. The number of amides is 1. The summed E-state index contributed by atoms with van der Waals surface area (Å²) in [5.41, 5.74) is 0. The molecule has 0 aromatic heterocycles. The average Bonchev–Trinajstić information content (AvgIpc) is 3.27. The summed E-state index contributed by atoms with van der Waals surface area (Å²) in [6, 6.07) is -1.15. The van der Waals surface area contributed by atoms with Crippen LogP contribution in [0.2, 0.25) is 0 Å². The van der Waals surface area contributed by atoms with Gasteiger partial charge in [0.1, 0.15) is 36.6 Å². The number of carbonyl (C=O) groups excluding carboxylic acids is 1. The van der Waals surface area contributed by atoms with Crippen LogP contribution >= 0.6 is 7.82 Å². The molecule has 0 aromatic rings. The summed E-state index contributed by atoms with van der Waals surface area (Å²) >= 11 is 0. The zero-order valence-corrected chi connectivity index (χ0v) is 41.6. The second-order valence-electron chi connectivity index (χ2n) is 19.3. The fraction of sp³-hybridized carbons (Fsp3) is 0.980. The number of aliphatic hydroxyl groups is 7. The first-order valence-corrected chi connectivity index (χ1v) is 28.1. The SMILES string of the molecule is CCCCCCCCCCCCCCCCCCCC(O)CC(=O)NC(COP(=O)(O)OC1C(O)C(O)C(O)C(O)C1O)C(O)CCCCCCCCCCCCCCCCCCC. The summed E-state index contributed by atoms with van der Waals surface area (Å²) in [4.78, 5) is 23.6. The molecule has 13 nitrogen and oxygen atoms in total. The van der Waals surface area contributed by atoms with Crippen LogP contribution in [0.4, 0.5) is 0 Å². The number of carbonyl (C=O) groups is 1. The standard InChI is InChI=1S/C50H100NO12P/c1-3-5-7-9-11-13-15-17-19-21-23-25-27-29-31-33-35-37-41(52)39-44(54)51-42(40-62-64(60,61)63-50-48(58)46(56)45(55)47(57)49(50)59)43(53)38-36-34-32-30-28-26-24-22-20-18-16-14-12-10-8-6-4-2/h41-43,45-50,52-53,55-59H,3-40H2,1-2H3,(H,51,54)(H,60,61). The Kier molecular flexibility index (Phi) is 38.5. The maximum Gasteiger partial charge on any atom is 0.472 e. The largest absolute Gasteiger partial charge is 0.472 e. The van der Waals surface area contributed by atoms with Gasteiger partial charge in [-0.1, -0.05) is 232 Å². The Labute approximate surface area is 389 Å². The van der Waals surface area contributed by atoms with Crippen LogP contribution in [0.3, 0.4) is 0 Å². The lowest BCUT2D eigenvalue weighted by molar-refractivity contribution is -0.220. The Hall–Kier alpha value is -0.700. The Morgan fingerprint density at radius 3 is 1.12 bits per heavy atom. The summed E-state index contributed by atoms with van der Waals surface area (Å²) in [6.45, 7) is 3.83. The van der Waals surface area contributed by atoms with Crippen molar-refractivity contribution in [1.29, 1.82) is 0 Å². The lowest BCUT2D eigenvalue weighted by Gasteiger charge is -2.41. The van der Waals surface area contributed by atoms with E-state index in [2.05, 4.69) is 19.2 Å². The van der Waals surface area contributed by atoms with Crippen molar-refractivity contribution in [3.8, 4) is 0 Å². The monoisotopic (exact) mass is 938 g/mol. The molecule has 1 aliphatic rings. The zero-order chi connectivity index (χ0) is 47.3. The predicted octanol–water partition coefficient (Wildman–Crippen LogP) is 9.99. The minimum atomic E-state index is -5.12. The van der Waals surface area contributed by atoms with E-state index in [9.17, 15) is 50.0 Å². The lowest BCUT2D eigenvalue weighted by Crippen LogP contribution is -2.64.